The summed E-state index contributed by atoms with van der Waals surface area (Å²) in [5, 5.41) is 5.32. The van der Waals surface area contributed by atoms with E-state index in [0.717, 1.165) is 5.56 Å². The van der Waals surface area contributed by atoms with Crippen molar-refractivity contribution in [2.45, 2.75) is 19.9 Å². The first kappa shape index (κ1) is 15.1. The van der Waals surface area contributed by atoms with Crippen LogP contribution >= 0.6 is 0 Å². The van der Waals surface area contributed by atoms with Crippen molar-refractivity contribution in [3.8, 4) is 0 Å². The minimum atomic E-state index is -0.635. The Bertz CT molecular complexity index is 540. The molecule has 2 atom stereocenters. The second-order valence-corrected chi connectivity index (χ2v) is 5.51. The number of carbonyl (C=O) groups is 2. The van der Waals surface area contributed by atoms with E-state index in [2.05, 4.69) is 17.2 Å². The second kappa shape index (κ2) is 6.43. The molecular weight excluding hydrogens is 268 g/mol. The minimum absolute atomic E-state index is 0.253. The van der Waals surface area contributed by atoms with E-state index < -0.39 is 12.0 Å². The van der Waals surface area contributed by atoms with Crippen LogP contribution in [0.2, 0.25) is 0 Å². The van der Waals surface area contributed by atoms with Crippen molar-refractivity contribution in [3.63, 3.8) is 0 Å². The van der Waals surface area contributed by atoms with Crippen molar-refractivity contribution in [1.29, 1.82) is 0 Å². The summed E-state index contributed by atoms with van der Waals surface area (Å²) in [5.41, 5.74) is 1.21. The van der Waals surface area contributed by atoms with E-state index in [0.29, 0.717) is 12.3 Å². The first-order valence-electron chi connectivity index (χ1n) is 6.97. The van der Waals surface area contributed by atoms with E-state index in [1.165, 1.54) is 0 Å². The van der Waals surface area contributed by atoms with Gasteiger partial charge in [0.25, 0.3) is 0 Å². The van der Waals surface area contributed by atoms with Crippen LogP contribution in [-0.2, 0) is 9.53 Å². The predicted molar refractivity (Wildman–Crippen MR) is 79.3 cm³/mol. The van der Waals surface area contributed by atoms with Crippen molar-refractivity contribution in [3.05, 3.63) is 48.2 Å². The Morgan fingerprint density at radius 2 is 2.00 bits per heavy atom. The normalized spacial score (nSPS) is 21.7. The maximum Gasteiger partial charge on any atom is 0.319 e. The Labute approximate surface area is 124 Å². The first-order chi connectivity index (χ1) is 9.99. The molecule has 0 radical (unpaired) electrons. The van der Waals surface area contributed by atoms with Gasteiger partial charge in [-0.1, -0.05) is 50.8 Å². The highest BCUT2D eigenvalue weighted by atomic mass is 16.5. The van der Waals surface area contributed by atoms with Crippen LogP contribution < -0.4 is 10.6 Å². The molecule has 5 heteroatoms. The van der Waals surface area contributed by atoms with Gasteiger partial charge in [0.05, 0.1) is 12.6 Å². The van der Waals surface area contributed by atoms with Crippen LogP contribution in [0.15, 0.2) is 42.6 Å². The number of nitrogens with one attached hydrogen (secondary N) is 2. The Morgan fingerprint density at radius 1 is 1.33 bits per heavy atom. The molecule has 2 N–H and O–H groups in total. The fourth-order valence-corrected chi connectivity index (χ4v) is 2.24. The van der Waals surface area contributed by atoms with Gasteiger partial charge in [-0.25, -0.2) is 4.79 Å². The molecule has 2 amide bonds. The van der Waals surface area contributed by atoms with E-state index in [1.807, 2.05) is 44.2 Å². The van der Waals surface area contributed by atoms with Gasteiger partial charge in [-0.3, -0.25) is 4.79 Å². The SMILES string of the molecule is C=C1NC(=O)NC(c2ccccc2)C1C(=O)OCC(C)C. The average Bonchev–Trinajstić information content (AvgIpc) is 2.45. The van der Waals surface area contributed by atoms with Crippen LogP contribution in [-0.4, -0.2) is 18.6 Å². The summed E-state index contributed by atoms with van der Waals surface area (Å²) in [5.74, 6) is -0.762. The van der Waals surface area contributed by atoms with Crippen LogP contribution in [0.5, 0.6) is 0 Å². The number of urea groups is 1. The molecule has 1 fully saturated rings. The fraction of sp³-hybridized carbons (Fsp3) is 0.375. The number of rotatable bonds is 4. The highest BCUT2D eigenvalue weighted by Crippen LogP contribution is 2.30. The Kier molecular flexibility index (Phi) is 4.62. The highest BCUT2D eigenvalue weighted by molar-refractivity contribution is 5.85. The van der Waals surface area contributed by atoms with E-state index in [1.54, 1.807) is 0 Å². The van der Waals surface area contributed by atoms with E-state index in [-0.39, 0.29) is 17.9 Å². The molecular formula is C16H20N2O3. The molecule has 1 saturated heterocycles. The third kappa shape index (κ3) is 3.62. The molecule has 1 aliphatic heterocycles. The van der Waals surface area contributed by atoms with Gasteiger partial charge >= 0.3 is 12.0 Å². The quantitative estimate of drug-likeness (QED) is 0.836. The van der Waals surface area contributed by atoms with Crippen molar-refractivity contribution in [1.82, 2.24) is 10.6 Å². The third-order valence-electron chi connectivity index (χ3n) is 3.24. The summed E-state index contributed by atoms with van der Waals surface area (Å²) < 4.78 is 5.31. The molecule has 0 saturated carbocycles. The zero-order chi connectivity index (χ0) is 15.4. The minimum Gasteiger partial charge on any atom is -0.465 e. The fourth-order valence-electron chi connectivity index (χ4n) is 2.24. The number of esters is 1. The van der Waals surface area contributed by atoms with Crippen LogP contribution in [0, 0.1) is 11.8 Å². The molecule has 1 aliphatic rings. The Hall–Kier alpha value is -2.30. The summed E-state index contributed by atoms with van der Waals surface area (Å²) in [6.07, 6.45) is 0. The van der Waals surface area contributed by atoms with Crippen LogP contribution in [0.3, 0.4) is 0 Å². The van der Waals surface area contributed by atoms with Gasteiger partial charge in [0.15, 0.2) is 0 Å². The molecule has 1 aromatic rings. The number of ether oxygens (including phenoxy) is 1. The molecule has 112 valence electrons. The lowest BCUT2D eigenvalue weighted by atomic mass is 9.89. The van der Waals surface area contributed by atoms with E-state index in [4.69, 9.17) is 4.74 Å². The average molecular weight is 288 g/mol. The van der Waals surface area contributed by atoms with E-state index >= 15 is 0 Å². The highest BCUT2D eigenvalue weighted by Gasteiger charge is 2.38. The standard InChI is InChI=1S/C16H20N2O3/c1-10(2)9-21-15(19)13-11(3)17-16(20)18-14(13)12-7-5-4-6-8-12/h4-8,10,13-14H,3,9H2,1-2H3,(H2,17,18,20). The third-order valence-corrected chi connectivity index (χ3v) is 3.24. The smallest absolute Gasteiger partial charge is 0.319 e. The molecule has 1 heterocycles. The maximum atomic E-state index is 12.3. The predicted octanol–water partition coefficient (Wildman–Crippen LogP) is 2.37. The largest absolute Gasteiger partial charge is 0.465 e. The van der Waals surface area contributed by atoms with Gasteiger partial charge in [0.1, 0.15) is 5.92 Å². The molecule has 0 spiro atoms. The van der Waals surface area contributed by atoms with Crippen molar-refractivity contribution in [2.75, 3.05) is 6.61 Å². The lowest BCUT2D eigenvalue weighted by molar-refractivity contribution is -0.149. The number of benzene rings is 1. The number of hydrogen-bond donors (Lipinski definition) is 2. The second-order valence-electron chi connectivity index (χ2n) is 5.51. The zero-order valence-corrected chi connectivity index (χ0v) is 12.3. The van der Waals surface area contributed by atoms with Gasteiger partial charge in [-0.05, 0) is 11.5 Å². The monoisotopic (exact) mass is 288 g/mol. The lowest BCUT2D eigenvalue weighted by Crippen LogP contribution is -2.51. The van der Waals surface area contributed by atoms with Gasteiger partial charge in [0, 0.05) is 5.70 Å². The Balaban J connectivity index is 2.23. The molecule has 2 unspecified atom stereocenters. The number of amides is 2. The van der Waals surface area contributed by atoms with Crippen molar-refractivity contribution in [2.24, 2.45) is 11.8 Å². The molecule has 21 heavy (non-hydrogen) atoms. The van der Waals surface area contributed by atoms with Gasteiger partial charge < -0.3 is 15.4 Å². The molecule has 0 aromatic heterocycles. The van der Waals surface area contributed by atoms with Gasteiger partial charge in [-0.2, -0.15) is 0 Å². The van der Waals surface area contributed by atoms with Crippen molar-refractivity contribution < 1.29 is 14.3 Å². The Morgan fingerprint density at radius 3 is 2.62 bits per heavy atom. The summed E-state index contributed by atoms with van der Waals surface area (Å²) in [4.78, 5) is 24.0. The number of hydrogen-bond acceptors (Lipinski definition) is 3. The number of carbonyl (C=O) groups excluding carboxylic acids is 2. The van der Waals surface area contributed by atoms with Gasteiger partial charge in [0.2, 0.25) is 0 Å². The van der Waals surface area contributed by atoms with Gasteiger partial charge in [-0.15, -0.1) is 0 Å². The topological polar surface area (TPSA) is 67.4 Å². The molecule has 5 nitrogen and oxygen atoms in total. The van der Waals surface area contributed by atoms with Crippen LogP contribution in [0.4, 0.5) is 4.79 Å². The molecule has 1 aromatic carbocycles. The summed E-state index contributed by atoms with van der Waals surface area (Å²) >= 11 is 0. The summed E-state index contributed by atoms with van der Waals surface area (Å²) in [7, 11) is 0. The summed E-state index contributed by atoms with van der Waals surface area (Å²) in [6.45, 7) is 8.08. The van der Waals surface area contributed by atoms with Crippen molar-refractivity contribution >= 4 is 12.0 Å². The molecule has 0 bridgehead atoms. The zero-order valence-electron chi connectivity index (χ0n) is 12.3. The molecule has 2 rings (SSSR count). The van der Waals surface area contributed by atoms with Crippen LogP contribution in [0.1, 0.15) is 25.5 Å². The van der Waals surface area contributed by atoms with E-state index in [9.17, 15) is 9.59 Å². The van der Waals surface area contributed by atoms with Crippen LogP contribution in [0.25, 0.3) is 0 Å². The first-order valence-corrected chi connectivity index (χ1v) is 6.97. The molecule has 0 aliphatic carbocycles. The summed E-state index contributed by atoms with van der Waals surface area (Å²) in [6, 6.07) is 8.52. The lowest BCUT2D eigenvalue weighted by Gasteiger charge is -2.33. The maximum absolute atomic E-state index is 12.3.